The fourth-order valence-corrected chi connectivity index (χ4v) is 1.87. The maximum absolute atomic E-state index is 11.0. The molecular weight excluding hydrogens is 112 g/mol. The molecule has 0 bridgehead atoms. The van der Waals surface area contributed by atoms with E-state index in [-0.39, 0.29) is 0 Å². The van der Waals surface area contributed by atoms with E-state index in [1.165, 1.54) is 0 Å². The molecule has 2 aliphatic carbocycles. The van der Waals surface area contributed by atoms with Gasteiger partial charge in [0.1, 0.15) is 5.78 Å². The second kappa shape index (κ2) is 1.69. The van der Waals surface area contributed by atoms with E-state index in [1.807, 2.05) is 0 Å². The molecule has 2 atom stereocenters. The van der Waals surface area contributed by atoms with E-state index >= 15 is 0 Å². The summed E-state index contributed by atoms with van der Waals surface area (Å²) in [7, 11) is 0. The molecule has 2 rings (SSSR count). The topological polar surface area (TPSA) is 17.1 Å². The third-order valence-corrected chi connectivity index (χ3v) is 2.43. The third kappa shape index (κ3) is 0.640. The van der Waals surface area contributed by atoms with Crippen molar-refractivity contribution in [2.24, 2.45) is 11.8 Å². The van der Waals surface area contributed by atoms with E-state index < -0.39 is 0 Å². The van der Waals surface area contributed by atoms with Gasteiger partial charge in [-0.15, -0.1) is 0 Å². The van der Waals surface area contributed by atoms with E-state index in [0.29, 0.717) is 17.6 Å². The van der Waals surface area contributed by atoms with Crippen molar-refractivity contribution in [2.75, 3.05) is 0 Å². The molecule has 48 valence electrons. The Kier molecular flexibility index (Phi) is 0.981. The minimum atomic E-state index is 0.394. The highest BCUT2D eigenvalue weighted by atomic mass is 16.1. The van der Waals surface area contributed by atoms with Crippen LogP contribution in [0.15, 0.2) is 12.2 Å². The predicted molar refractivity (Wildman–Crippen MR) is 35.0 cm³/mol. The number of hydrogen-bond acceptors (Lipinski definition) is 1. The van der Waals surface area contributed by atoms with Crippen LogP contribution in [0, 0.1) is 11.8 Å². The molecule has 1 fully saturated rings. The number of rotatable bonds is 0. The number of fused-ring (bicyclic) bond motifs is 1. The molecule has 0 aliphatic heterocycles. The Labute approximate surface area is 54.8 Å². The Morgan fingerprint density at radius 2 is 2.44 bits per heavy atom. The van der Waals surface area contributed by atoms with Gasteiger partial charge < -0.3 is 0 Å². The number of ketones is 1. The molecule has 2 aliphatic rings. The van der Waals surface area contributed by atoms with Crippen LogP contribution in [0.1, 0.15) is 19.3 Å². The molecule has 0 aromatic carbocycles. The molecule has 0 spiro atoms. The Morgan fingerprint density at radius 1 is 1.56 bits per heavy atom. The second-order valence-corrected chi connectivity index (χ2v) is 2.94. The fraction of sp³-hybridized carbons (Fsp3) is 0.625. The van der Waals surface area contributed by atoms with Crippen molar-refractivity contribution in [1.29, 1.82) is 0 Å². The molecule has 1 heteroatoms. The van der Waals surface area contributed by atoms with Crippen LogP contribution in [0.25, 0.3) is 0 Å². The fourth-order valence-electron chi connectivity index (χ4n) is 1.87. The van der Waals surface area contributed by atoms with Crippen LogP contribution in [0.2, 0.25) is 0 Å². The first-order valence-corrected chi connectivity index (χ1v) is 3.57. The lowest BCUT2D eigenvalue weighted by Gasteiger charge is -2.03. The van der Waals surface area contributed by atoms with Gasteiger partial charge in [0.05, 0.1) is 0 Å². The van der Waals surface area contributed by atoms with Crippen molar-refractivity contribution in [3.05, 3.63) is 12.2 Å². The third-order valence-electron chi connectivity index (χ3n) is 2.43. The summed E-state index contributed by atoms with van der Waals surface area (Å²) in [5.41, 5.74) is 0. The molecule has 0 aromatic heterocycles. The average Bonchev–Trinajstić information content (AvgIpc) is 2.35. The highest BCUT2D eigenvalue weighted by molar-refractivity contribution is 5.84. The Morgan fingerprint density at radius 3 is 3.22 bits per heavy atom. The first kappa shape index (κ1) is 5.21. The SMILES string of the molecule is O=C1CC[C@@H]2C=CC[C@H]12. The summed E-state index contributed by atoms with van der Waals surface area (Å²) >= 11 is 0. The molecule has 0 radical (unpaired) electrons. The van der Waals surface area contributed by atoms with E-state index in [1.54, 1.807) is 0 Å². The summed E-state index contributed by atoms with van der Waals surface area (Å²) in [5, 5.41) is 0. The van der Waals surface area contributed by atoms with Gasteiger partial charge in [0.25, 0.3) is 0 Å². The van der Waals surface area contributed by atoms with E-state index in [4.69, 9.17) is 0 Å². The first-order chi connectivity index (χ1) is 4.38. The van der Waals surface area contributed by atoms with Gasteiger partial charge in [0, 0.05) is 12.3 Å². The summed E-state index contributed by atoms with van der Waals surface area (Å²) in [6.45, 7) is 0. The average molecular weight is 122 g/mol. The molecular formula is C8H10O. The van der Waals surface area contributed by atoms with Crippen LogP contribution in [0.4, 0.5) is 0 Å². The molecule has 0 N–H and O–H groups in total. The largest absolute Gasteiger partial charge is 0.299 e. The van der Waals surface area contributed by atoms with Crippen molar-refractivity contribution in [3.63, 3.8) is 0 Å². The van der Waals surface area contributed by atoms with Crippen LogP contribution < -0.4 is 0 Å². The summed E-state index contributed by atoms with van der Waals surface area (Å²) < 4.78 is 0. The molecule has 1 nitrogen and oxygen atoms in total. The van der Waals surface area contributed by atoms with Gasteiger partial charge in [-0.05, 0) is 18.8 Å². The molecule has 0 unspecified atom stereocenters. The normalized spacial score (nSPS) is 39.8. The summed E-state index contributed by atoms with van der Waals surface area (Å²) in [5.74, 6) is 1.51. The van der Waals surface area contributed by atoms with Crippen molar-refractivity contribution in [3.8, 4) is 0 Å². The zero-order valence-electron chi connectivity index (χ0n) is 5.34. The Bertz CT molecular complexity index is 169. The number of carbonyl (C=O) groups is 1. The number of Topliss-reactive ketones (excluding diaryl/α,β-unsaturated/α-hetero) is 1. The Balaban J connectivity index is 2.22. The maximum Gasteiger partial charge on any atom is 0.136 e. The van der Waals surface area contributed by atoms with Gasteiger partial charge in [0.15, 0.2) is 0 Å². The number of allylic oxidation sites excluding steroid dienone is 2. The lowest BCUT2D eigenvalue weighted by Crippen LogP contribution is -2.07. The van der Waals surface area contributed by atoms with Crippen molar-refractivity contribution in [2.45, 2.75) is 19.3 Å². The lowest BCUT2D eigenvalue weighted by molar-refractivity contribution is -0.120. The molecule has 0 heterocycles. The number of carbonyl (C=O) groups excluding carboxylic acids is 1. The molecule has 1 saturated carbocycles. The lowest BCUT2D eigenvalue weighted by atomic mass is 10.00. The zero-order chi connectivity index (χ0) is 6.27. The van der Waals surface area contributed by atoms with Gasteiger partial charge in [-0.3, -0.25) is 4.79 Å². The first-order valence-electron chi connectivity index (χ1n) is 3.57. The van der Waals surface area contributed by atoms with Gasteiger partial charge in [-0.25, -0.2) is 0 Å². The second-order valence-electron chi connectivity index (χ2n) is 2.94. The van der Waals surface area contributed by atoms with E-state index in [0.717, 1.165) is 19.3 Å². The highest BCUT2D eigenvalue weighted by Gasteiger charge is 2.34. The monoisotopic (exact) mass is 122 g/mol. The van der Waals surface area contributed by atoms with Crippen molar-refractivity contribution < 1.29 is 4.79 Å². The minimum absolute atomic E-state index is 0.394. The summed E-state index contributed by atoms with van der Waals surface area (Å²) in [4.78, 5) is 11.0. The van der Waals surface area contributed by atoms with Crippen LogP contribution in [0.3, 0.4) is 0 Å². The molecule has 0 amide bonds. The van der Waals surface area contributed by atoms with Crippen LogP contribution in [-0.2, 0) is 4.79 Å². The van der Waals surface area contributed by atoms with E-state index in [2.05, 4.69) is 12.2 Å². The van der Waals surface area contributed by atoms with Gasteiger partial charge in [0.2, 0.25) is 0 Å². The van der Waals surface area contributed by atoms with Crippen molar-refractivity contribution >= 4 is 5.78 Å². The standard InChI is InChI=1S/C8H10O/c9-8-5-4-6-2-1-3-7(6)8/h1-2,6-7H,3-5H2/t6-,7-/m0/s1. The van der Waals surface area contributed by atoms with Gasteiger partial charge in [-0.2, -0.15) is 0 Å². The molecule has 0 saturated heterocycles. The van der Waals surface area contributed by atoms with Crippen LogP contribution >= 0.6 is 0 Å². The molecule has 9 heavy (non-hydrogen) atoms. The van der Waals surface area contributed by atoms with E-state index in [9.17, 15) is 4.79 Å². The van der Waals surface area contributed by atoms with Crippen LogP contribution in [0.5, 0.6) is 0 Å². The summed E-state index contributed by atoms with van der Waals surface area (Å²) in [6, 6.07) is 0. The quantitative estimate of drug-likeness (QED) is 0.445. The zero-order valence-corrected chi connectivity index (χ0v) is 5.34. The Hall–Kier alpha value is -0.590. The molecule has 0 aromatic rings. The van der Waals surface area contributed by atoms with Gasteiger partial charge >= 0.3 is 0 Å². The minimum Gasteiger partial charge on any atom is -0.299 e. The highest BCUT2D eigenvalue weighted by Crippen LogP contribution is 2.36. The summed E-state index contributed by atoms with van der Waals surface area (Å²) in [6.07, 6.45) is 7.31. The maximum atomic E-state index is 11.0. The van der Waals surface area contributed by atoms with Crippen LogP contribution in [-0.4, -0.2) is 5.78 Å². The number of hydrogen-bond donors (Lipinski definition) is 0. The smallest absolute Gasteiger partial charge is 0.136 e. The predicted octanol–water partition coefficient (Wildman–Crippen LogP) is 1.54. The van der Waals surface area contributed by atoms with Gasteiger partial charge in [-0.1, -0.05) is 12.2 Å². The van der Waals surface area contributed by atoms with Crippen molar-refractivity contribution in [1.82, 2.24) is 0 Å².